The second-order valence-electron chi connectivity index (χ2n) is 9.30. The van der Waals surface area contributed by atoms with Crippen molar-refractivity contribution >= 4 is 5.78 Å². The molecule has 0 radical (unpaired) electrons. The van der Waals surface area contributed by atoms with Crippen molar-refractivity contribution in [3.63, 3.8) is 0 Å². The van der Waals surface area contributed by atoms with E-state index in [9.17, 15) is 4.79 Å². The maximum Gasteiger partial charge on any atom is 0.152 e. The van der Waals surface area contributed by atoms with Gasteiger partial charge in [0.05, 0.1) is 12.2 Å². The van der Waals surface area contributed by atoms with Crippen LogP contribution in [0.3, 0.4) is 0 Å². The molecule has 2 heterocycles. The van der Waals surface area contributed by atoms with Gasteiger partial charge in [-0.05, 0) is 43.1 Å². The van der Waals surface area contributed by atoms with Crippen molar-refractivity contribution in [2.24, 2.45) is 29.1 Å². The minimum Gasteiger partial charge on any atom is -0.298 e. The molecule has 126 valence electrons. The van der Waals surface area contributed by atoms with E-state index in [4.69, 9.17) is 0 Å². The highest BCUT2D eigenvalue weighted by atomic mass is 16.1. The fraction of sp³-hybridized carbons (Fsp3) is 0.947. The number of hydrogen-bond donors (Lipinski definition) is 1. The van der Waals surface area contributed by atoms with Crippen molar-refractivity contribution in [3.8, 4) is 0 Å². The summed E-state index contributed by atoms with van der Waals surface area (Å²) in [5.74, 6) is 2.45. The number of fused-ring (bicyclic) bond motifs is 3. The lowest BCUT2D eigenvalue weighted by Crippen LogP contribution is -2.50. The molecule has 22 heavy (non-hydrogen) atoms. The van der Waals surface area contributed by atoms with Gasteiger partial charge in [-0.25, -0.2) is 0 Å². The van der Waals surface area contributed by atoms with Gasteiger partial charge in [-0.15, -0.1) is 0 Å². The van der Waals surface area contributed by atoms with E-state index in [2.05, 4.69) is 51.9 Å². The first-order valence-electron chi connectivity index (χ1n) is 9.25. The summed E-state index contributed by atoms with van der Waals surface area (Å²) in [6.07, 6.45) is 5.82. The van der Waals surface area contributed by atoms with Crippen molar-refractivity contribution in [1.82, 2.24) is 10.2 Å². The predicted molar refractivity (Wildman–Crippen MR) is 90.5 cm³/mol. The second kappa shape index (κ2) is 5.59. The number of likely N-dealkylation sites (tertiary alicyclic amines) is 1. The van der Waals surface area contributed by atoms with Gasteiger partial charge in [0.15, 0.2) is 5.78 Å². The Bertz CT molecular complexity index is 439. The molecule has 0 aromatic rings. The minimum atomic E-state index is 0.0883. The van der Waals surface area contributed by atoms with Crippen LogP contribution in [0, 0.1) is 29.1 Å². The Morgan fingerprint density at radius 1 is 1.18 bits per heavy atom. The largest absolute Gasteiger partial charge is 0.298 e. The van der Waals surface area contributed by atoms with Gasteiger partial charge in [-0.3, -0.25) is 15.0 Å². The molecule has 0 aromatic heterocycles. The third kappa shape index (κ3) is 2.45. The van der Waals surface area contributed by atoms with Crippen LogP contribution < -0.4 is 5.32 Å². The number of Topliss-reactive ketones (excluding diaryl/α,β-unsaturated/α-hetero) is 1. The molecule has 3 nitrogen and oxygen atoms in total. The number of hydrogen-bond acceptors (Lipinski definition) is 3. The average Bonchev–Trinajstić information content (AvgIpc) is 2.93. The van der Waals surface area contributed by atoms with Crippen LogP contribution in [0.15, 0.2) is 0 Å². The molecule has 3 fully saturated rings. The van der Waals surface area contributed by atoms with Crippen molar-refractivity contribution in [1.29, 1.82) is 0 Å². The fourth-order valence-electron chi connectivity index (χ4n) is 5.65. The third-order valence-electron chi connectivity index (χ3n) is 6.56. The van der Waals surface area contributed by atoms with Gasteiger partial charge in [0.25, 0.3) is 0 Å². The molecule has 1 N–H and O–H groups in total. The first-order valence-corrected chi connectivity index (χ1v) is 9.25. The molecular formula is C19H34N2O. The van der Waals surface area contributed by atoms with Gasteiger partial charge < -0.3 is 0 Å². The molecule has 1 saturated carbocycles. The van der Waals surface area contributed by atoms with E-state index in [1.165, 1.54) is 25.7 Å². The van der Waals surface area contributed by atoms with Crippen molar-refractivity contribution in [2.75, 3.05) is 7.05 Å². The fourth-order valence-corrected chi connectivity index (χ4v) is 5.65. The lowest BCUT2D eigenvalue weighted by Gasteiger charge is -2.40. The lowest BCUT2D eigenvalue weighted by atomic mass is 9.64. The monoisotopic (exact) mass is 306 g/mol. The predicted octanol–water partition coefficient (Wildman–Crippen LogP) is 3.29. The zero-order chi connectivity index (χ0) is 16.2. The molecule has 0 bridgehead atoms. The van der Waals surface area contributed by atoms with Crippen LogP contribution in [0.2, 0.25) is 0 Å². The standard InChI is InChI=1S/C19H34N2O/c1-11(2)17(22)16-15(19(3,4)5)14-12-9-7-8-10-13(12)20-18(14)21(16)6/h11-16,18,20H,7-10H2,1-6H3. The minimum absolute atomic E-state index is 0.0883. The molecule has 0 aromatic carbocycles. The number of likely N-dealkylation sites (N-methyl/N-ethyl adjacent to an activating group) is 1. The molecule has 6 unspecified atom stereocenters. The van der Waals surface area contributed by atoms with E-state index in [1.54, 1.807) is 0 Å². The summed E-state index contributed by atoms with van der Waals surface area (Å²) in [6, 6.07) is 0.775. The highest BCUT2D eigenvalue weighted by molar-refractivity contribution is 5.86. The van der Waals surface area contributed by atoms with Crippen molar-refractivity contribution in [3.05, 3.63) is 0 Å². The van der Waals surface area contributed by atoms with E-state index in [1.807, 2.05) is 0 Å². The number of rotatable bonds is 2. The summed E-state index contributed by atoms with van der Waals surface area (Å²) in [7, 11) is 2.18. The summed E-state index contributed by atoms with van der Waals surface area (Å²) in [5, 5.41) is 3.90. The molecule has 2 saturated heterocycles. The molecule has 3 rings (SSSR count). The Hall–Kier alpha value is -0.410. The van der Waals surface area contributed by atoms with Crippen LogP contribution in [0.1, 0.15) is 60.3 Å². The second-order valence-corrected chi connectivity index (χ2v) is 9.30. The van der Waals surface area contributed by atoms with E-state index in [0.29, 0.717) is 29.8 Å². The van der Waals surface area contributed by atoms with Crippen molar-refractivity contribution < 1.29 is 4.79 Å². The van der Waals surface area contributed by atoms with Gasteiger partial charge in [0, 0.05) is 12.0 Å². The molecular weight excluding hydrogens is 272 g/mol. The smallest absolute Gasteiger partial charge is 0.152 e. The van der Waals surface area contributed by atoms with E-state index in [0.717, 1.165) is 5.92 Å². The van der Waals surface area contributed by atoms with Crippen LogP contribution in [0.5, 0.6) is 0 Å². The van der Waals surface area contributed by atoms with Crippen LogP contribution in [-0.2, 0) is 4.79 Å². The Balaban J connectivity index is 1.96. The maximum atomic E-state index is 12.9. The molecule has 6 atom stereocenters. The normalized spacial score (nSPS) is 42.5. The third-order valence-corrected chi connectivity index (χ3v) is 6.56. The van der Waals surface area contributed by atoms with Crippen molar-refractivity contribution in [2.45, 2.75) is 78.6 Å². The van der Waals surface area contributed by atoms with E-state index >= 15 is 0 Å². The molecule has 3 heteroatoms. The number of nitrogens with zero attached hydrogens (tertiary/aromatic N) is 1. The Labute approximate surface area is 136 Å². The highest BCUT2D eigenvalue weighted by Crippen LogP contribution is 2.54. The quantitative estimate of drug-likeness (QED) is 0.849. The lowest BCUT2D eigenvalue weighted by molar-refractivity contribution is -0.129. The molecule has 0 spiro atoms. The number of nitrogens with one attached hydrogen (secondary N) is 1. The van der Waals surface area contributed by atoms with Crippen LogP contribution in [0.25, 0.3) is 0 Å². The molecule has 1 aliphatic carbocycles. The first-order chi connectivity index (χ1) is 10.2. The Kier molecular flexibility index (Phi) is 4.18. The summed E-state index contributed by atoms with van der Waals surface area (Å²) in [4.78, 5) is 15.3. The Morgan fingerprint density at radius 2 is 1.82 bits per heavy atom. The molecule has 2 aliphatic heterocycles. The number of carbonyl (C=O) groups is 1. The van der Waals surface area contributed by atoms with Gasteiger partial charge in [-0.2, -0.15) is 0 Å². The van der Waals surface area contributed by atoms with Crippen LogP contribution in [0.4, 0.5) is 0 Å². The number of ketones is 1. The Morgan fingerprint density at radius 3 is 2.41 bits per heavy atom. The van der Waals surface area contributed by atoms with Gasteiger partial charge >= 0.3 is 0 Å². The zero-order valence-corrected chi connectivity index (χ0v) is 15.2. The average molecular weight is 306 g/mol. The molecule has 0 amide bonds. The molecule has 3 aliphatic rings. The van der Waals surface area contributed by atoms with E-state index in [-0.39, 0.29) is 17.4 Å². The highest BCUT2D eigenvalue weighted by Gasteiger charge is 2.60. The summed E-state index contributed by atoms with van der Waals surface area (Å²) < 4.78 is 0. The maximum absolute atomic E-state index is 12.9. The SMILES string of the molecule is CC(C)C(=O)C1C(C(C)(C)C)C2C3CCCCC3NC2N1C. The number of carbonyl (C=O) groups excluding carboxylic acids is 1. The van der Waals surface area contributed by atoms with Gasteiger partial charge in [-0.1, -0.05) is 47.5 Å². The topological polar surface area (TPSA) is 32.3 Å². The zero-order valence-electron chi connectivity index (χ0n) is 15.2. The van der Waals surface area contributed by atoms with Crippen LogP contribution >= 0.6 is 0 Å². The summed E-state index contributed by atoms with van der Waals surface area (Å²) in [6.45, 7) is 11.1. The van der Waals surface area contributed by atoms with E-state index < -0.39 is 0 Å². The van der Waals surface area contributed by atoms with Gasteiger partial charge in [0.2, 0.25) is 0 Å². The first kappa shape index (κ1) is 16.4. The van der Waals surface area contributed by atoms with Gasteiger partial charge in [0.1, 0.15) is 0 Å². The summed E-state index contributed by atoms with van der Waals surface area (Å²) in [5.41, 5.74) is 0.177. The summed E-state index contributed by atoms with van der Waals surface area (Å²) >= 11 is 0. The van der Waals surface area contributed by atoms with Crippen LogP contribution in [-0.4, -0.2) is 36.0 Å².